The second-order valence-electron chi connectivity index (χ2n) is 9.86. The fraction of sp³-hybridized carbons (Fsp3) is 0.966. The lowest BCUT2D eigenvalue weighted by Crippen LogP contribution is -1.89. The Morgan fingerprint density at radius 1 is 0.333 bits per heavy atom. The zero-order chi connectivity index (χ0) is 21.8. The molecule has 0 heterocycles. The summed E-state index contributed by atoms with van der Waals surface area (Å²) >= 11 is 0. The Morgan fingerprint density at radius 2 is 0.533 bits per heavy atom. The van der Waals surface area contributed by atoms with E-state index in [1.165, 1.54) is 167 Å². The smallest absolute Gasteiger partial charge is 0.0192 e. The zero-order valence-corrected chi connectivity index (χ0v) is 21.2. The van der Waals surface area contributed by atoms with Gasteiger partial charge in [-0.15, -0.1) is 0 Å². The lowest BCUT2D eigenvalue weighted by atomic mass is 10.0. The summed E-state index contributed by atoms with van der Waals surface area (Å²) in [5, 5.41) is 0. The van der Waals surface area contributed by atoms with Gasteiger partial charge >= 0.3 is 0 Å². The number of hydrogen-bond donors (Lipinski definition) is 1. The Balaban J connectivity index is 2.97. The van der Waals surface area contributed by atoms with Crippen molar-refractivity contribution in [3.05, 3.63) is 6.54 Å². The van der Waals surface area contributed by atoms with Crippen molar-refractivity contribution in [1.29, 1.82) is 0 Å². The van der Waals surface area contributed by atoms with Crippen LogP contribution in [0.2, 0.25) is 0 Å². The van der Waals surface area contributed by atoms with Crippen molar-refractivity contribution < 1.29 is 0 Å². The van der Waals surface area contributed by atoms with E-state index in [0.717, 1.165) is 6.42 Å². The van der Waals surface area contributed by atoms with Crippen molar-refractivity contribution in [2.24, 2.45) is 5.73 Å². The van der Waals surface area contributed by atoms with Crippen LogP contribution in [0, 0.1) is 6.54 Å². The standard InChI is InChI=1S/C29H60N/c1-2-3-4-5-6-7-8-9-10-11-12-13-14-15-16-17-18-19-20-21-22-23-24-25-26-27-28-29-30/h29H,2-28,30H2,1H3. The summed E-state index contributed by atoms with van der Waals surface area (Å²) in [6.07, 6.45) is 39.0. The van der Waals surface area contributed by atoms with Gasteiger partial charge in [-0.2, -0.15) is 0 Å². The van der Waals surface area contributed by atoms with E-state index in [2.05, 4.69) is 6.92 Å². The van der Waals surface area contributed by atoms with E-state index in [-0.39, 0.29) is 0 Å². The lowest BCUT2D eigenvalue weighted by molar-refractivity contribution is 0.515. The van der Waals surface area contributed by atoms with Crippen LogP contribution in [-0.4, -0.2) is 0 Å². The fourth-order valence-electron chi connectivity index (χ4n) is 4.58. The number of nitrogens with two attached hydrogens (primary N) is 1. The molecule has 30 heavy (non-hydrogen) atoms. The van der Waals surface area contributed by atoms with Crippen LogP contribution in [-0.2, 0) is 0 Å². The maximum atomic E-state index is 5.40. The first-order valence-electron chi connectivity index (χ1n) is 14.4. The van der Waals surface area contributed by atoms with Crippen LogP contribution >= 0.6 is 0 Å². The molecule has 0 saturated carbocycles. The molecule has 0 unspecified atom stereocenters. The van der Waals surface area contributed by atoms with Crippen molar-refractivity contribution in [2.45, 2.75) is 180 Å². The number of hydrogen-bond acceptors (Lipinski definition) is 1. The Bertz CT molecular complexity index is 248. The molecule has 0 atom stereocenters. The molecule has 0 aromatic heterocycles. The predicted molar refractivity (Wildman–Crippen MR) is 139 cm³/mol. The second kappa shape index (κ2) is 29.0. The SMILES string of the molecule is CCCCCCCCCCCCCCCCCCCCCCCCCCCC[CH]N. The summed E-state index contributed by atoms with van der Waals surface area (Å²) in [6.45, 7) is 4.11. The minimum Gasteiger partial charge on any atom is -0.326 e. The van der Waals surface area contributed by atoms with E-state index < -0.39 is 0 Å². The van der Waals surface area contributed by atoms with Crippen molar-refractivity contribution in [1.82, 2.24) is 0 Å². The molecule has 0 aliphatic heterocycles. The zero-order valence-electron chi connectivity index (χ0n) is 21.2. The molecule has 0 spiro atoms. The molecule has 181 valence electrons. The molecule has 1 radical (unpaired) electrons. The lowest BCUT2D eigenvalue weighted by Gasteiger charge is -2.04. The van der Waals surface area contributed by atoms with Crippen LogP contribution in [0.4, 0.5) is 0 Å². The monoisotopic (exact) mass is 422 g/mol. The van der Waals surface area contributed by atoms with Gasteiger partial charge in [0.25, 0.3) is 0 Å². The molecular formula is C29H60N. The summed E-state index contributed by atoms with van der Waals surface area (Å²) in [6, 6.07) is 0. The summed E-state index contributed by atoms with van der Waals surface area (Å²) < 4.78 is 0. The first-order chi connectivity index (χ1) is 14.9. The maximum Gasteiger partial charge on any atom is 0.0192 e. The first-order valence-corrected chi connectivity index (χ1v) is 14.4. The number of unbranched alkanes of at least 4 members (excludes halogenated alkanes) is 26. The highest BCUT2D eigenvalue weighted by atomic mass is 14.5. The van der Waals surface area contributed by atoms with Crippen molar-refractivity contribution in [2.75, 3.05) is 0 Å². The highest BCUT2D eigenvalue weighted by molar-refractivity contribution is 4.54. The largest absolute Gasteiger partial charge is 0.326 e. The summed E-state index contributed by atoms with van der Waals surface area (Å²) in [5.41, 5.74) is 5.40. The van der Waals surface area contributed by atoms with E-state index in [0.29, 0.717) is 0 Å². The van der Waals surface area contributed by atoms with E-state index in [4.69, 9.17) is 5.73 Å². The van der Waals surface area contributed by atoms with Gasteiger partial charge in [-0.1, -0.05) is 174 Å². The van der Waals surface area contributed by atoms with Gasteiger partial charge in [-0.3, -0.25) is 0 Å². The van der Waals surface area contributed by atoms with E-state index in [1.54, 1.807) is 6.54 Å². The summed E-state index contributed by atoms with van der Waals surface area (Å²) in [4.78, 5) is 0. The van der Waals surface area contributed by atoms with Gasteiger partial charge < -0.3 is 5.73 Å². The fourth-order valence-corrected chi connectivity index (χ4v) is 4.58. The normalized spacial score (nSPS) is 11.4. The van der Waals surface area contributed by atoms with Crippen LogP contribution in [0.1, 0.15) is 180 Å². The molecule has 0 aliphatic rings. The second-order valence-corrected chi connectivity index (χ2v) is 9.86. The Kier molecular flexibility index (Phi) is 28.9. The summed E-state index contributed by atoms with van der Waals surface area (Å²) in [7, 11) is 0. The van der Waals surface area contributed by atoms with Gasteiger partial charge in [0.15, 0.2) is 0 Å². The van der Waals surface area contributed by atoms with Crippen LogP contribution < -0.4 is 5.73 Å². The average molecular weight is 423 g/mol. The highest BCUT2D eigenvalue weighted by Crippen LogP contribution is 2.16. The Morgan fingerprint density at radius 3 is 0.733 bits per heavy atom. The van der Waals surface area contributed by atoms with Crippen LogP contribution in [0.5, 0.6) is 0 Å². The highest BCUT2D eigenvalue weighted by Gasteiger charge is 1.96. The summed E-state index contributed by atoms with van der Waals surface area (Å²) in [5.74, 6) is 0. The topological polar surface area (TPSA) is 26.0 Å². The molecule has 2 N–H and O–H groups in total. The van der Waals surface area contributed by atoms with Gasteiger partial charge in [-0.05, 0) is 6.42 Å². The third-order valence-electron chi connectivity index (χ3n) is 6.72. The molecule has 0 fully saturated rings. The molecule has 0 aromatic carbocycles. The van der Waals surface area contributed by atoms with E-state index >= 15 is 0 Å². The molecular weight excluding hydrogens is 362 g/mol. The van der Waals surface area contributed by atoms with Gasteiger partial charge in [-0.25, -0.2) is 0 Å². The van der Waals surface area contributed by atoms with E-state index in [9.17, 15) is 0 Å². The van der Waals surface area contributed by atoms with Crippen LogP contribution in [0.25, 0.3) is 0 Å². The first kappa shape index (κ1) is 30.0. The van der Waals surface area contributed by atoms with Crippen molar-refractivity contribution >= 4 is 0 Å². The predicted octanol–water partition coefficient (Wildman–Crippen LogP) is 10.7. The van der Waals surface area contributed by atoms with Crippen LogP contribution in [0.15, 0.2) is 0 Å². The van der Waals surface area contributed by atoms with Gasteiger partial charge in [0.2, 0.25) is 0 Å². The third kappa shape index (κ3) is 28.0. The Hall–Kier alpha value is -0.0400. The Labute approximate surface area is 192 Å². The van der Waals surface area contributed by atoms with Crippen molar-refractivity contribution in [3.8, 4) is 0 Å². The minimum atomic E-state index is 1.10. The average Bonchev–Trinajstić information content (AvgIpc) is 2.76. The van der Waals surface area contributed by atoms with Crippen LogP contribution in [0.3, 0.4) is 0 Å². The minimum absolute atomic E-state index is 1.10. The van der Waals surface area contributed by atoms with Gasteiger partial charge in [0.05, 0.1) is 0 Å². The van der Waals surface area contributed by atoms with Gasteiger partial charge in [0, 0.05) is 6.54 Å². The quantitative estimate of drug-likeness (QED) is 0.131. The number of rotatable bonds is 27. The molecule has 0 aromatic rings. The molecule has 0 amide bonds. The van der Waals surface area contributed by atoms with Gasteiger partial charge in [0.1, 0.15) is 0 Å². The maximum absolute atomic E-state index is 5.40. The van der Waals surface area contributed by atoms with Crippen molar-refractivity contribution in [3.63, 3.8) is 0 Å². The molecule has 1 heteroatoms. The molecule has 0 rings (SSSR count). The molecule has 0 bridgehead atoms. The van der Waals surface area contributed by atoms with E-state index in [1.807, 2.05) is 0 Å². The third-order valence-corrected chi connectivity index (χ3v) is 6.72. The molecule has 0 saturated heterocycles. The molecule has 1 nitrogen and oxygen atoms in total. The molecule has 0 aliphatic carbocycles.